The van der Waals surface area contributed by atoms with Gasteiger partial charge in [0.1, 0.15) is 5.82 Å². The molecule has 0 aliphatic heterocycles. The SMILES string of the molecule is Nc1ccc(-c2ccc(Cl)cc2)[nH]1. The molecule has 3 heteroatoms. The molecule has 2 nitrogen and oxygen atoms in total. The maximum Gasteiger partial charge on any atom is 0.101 e. The molecule has 1 aromatic heterocycles. The van der Waals surface area contributed by atoms with Crippen LogP contribution >= 0.6 is 11.6 Å². The van der Waals surface area contributed by atoms with Gasteiger partial charge in [0, 0.05) is 10.7 Å². The second kappa shape index (κ2) is 3.15. The Bertz CT molecular complexity index is 403. The summed E-state index contributed by atoms with van der Waals surface area (Å²) in [6, 6.07) is 11.4. The number of hydrogen-bond acceptors (Lipinski definition) is 1. The Labute approximate surface area is 81.3 Å². The molecule has 0 radical (unpaired) electrons. The Balaban J connectivity index is 2.41. The Hall–Kier alpha value is -1.41. The van der Waals surface area contributed by atoms with Gasteiger partial charge in [0.25, 0.3) is 0 Å². The molecular formula is C10H9ClN2. The van der Waals surface area contributed by atoms with E-state index in [-0.39, 0.29) is 0 Å². The molecule has 0 bridgehead atoms. The Morgan fingerprint density at radius 3 is 2.23 bits per heavy atom. The zero-order chi connectivity index (χ0) is 9.26. The number of nitrogens with one attached hydrogen (secondary N) is 1. The first kappa shape index (κ1) is 8.20. The number of benzene rings is 1. The predicted molar refractivity (Wildman–Crippen MR) is 55.7 cm³/mol. The molecule has 0 spiro atoms. The molecule has 0 saturated heterocycles. The molecule has 13 heavy (non-hydrogen) atoms. The quantitative estimate of drug-likeness (QED) is 0.717. The number of aromatic nitrogens is 1. The van der Waals surface area contributed by atoms with Gasteiger partial charge < -0.3 is 10.7 Å². The number of halogens is 1. The molecule has 1 aromatic carbocycles. The summed E-state index contributed by atoms with van der Waals surface area (Å²) in [7, 11) is 0. The fourth-order valence-electron chi connectivity index (χ4n) is 1.21. The summed E-state index contributed by atoms with van der Waals surface area (Å²) < 4.78 is 0. The number of rotatable bonds is 1. The minimum atomic E-state index is 0.671. The molecule has 2 rings (SSSR count). The molecule has 0 atom stereocenters. The Morgan fingerprint density at radius 1 is 1.00 bits per heavy atom. The van der Waals surface area contributed by atoms with Crippen LogP contribution in [0.3, 0.4) is 0 Å². The fraction of sp³-hybridized carbons (Fsp3) is 0. The average molecular weight is 193 g/mol. The highest BCUT2D eigenvalue weighted by Crippen LogP contribution is 2.21. The summed E-state index contributed by atoms with van der Waals surface area (Å²) in [6.45, 7) is 0. The van der Waals surface area contributed by atoms with E-state index in [1.807, 2.05) is 36.4 Å². The van der Waals surface area contributed by atoms with E-state index in [9.17, 15) is 0 Å². The number of nitrogens with two attached hydrogens (primary N) is 1. The van der Waals surface area contributed by atoms with Crippen molar-refractivity contribution in [1.29, 1.82) is 0 Å². The summed E-state index contributed by atoms with van der Waals surface area (Å²) in [5.74, 6) is 0.671. The predicted octanol–water partition coefficient (Wildman–Crippen LogP) is 2.92. The number of aromatic amines is 1. The van der Waals surface area contributed by atoms with Gasteiger partial charge in [0.05, 0.1) is 0 Å². The van der Waals surface area contributed by atoms with Gasteiger partial charge >= 0.3 is 0 Å². The molecule has 66 valence electrons. The van der Waals surface area contributed by atoms with E-state index in [2.05, 4.69) is 4.98 Å². The molecule has 1 heterocycles. The van der Waals surface area contributed by atoms with Gasteiger partial charge in [-0.05, 0) is 29.8 Å². The van der Waals surface area contributed by atoms with Crippen molar-refractivity contribution in [2.24, 2.45) is 0 Å². The van der Waals surface area contributed by atoms with Crippen LogP contribution in [0.5, 0.6) is 0 Å². The Kier molecular flexibility index (Phi) is 1.99. The van der Waals surface area contributed by atoms with E-state index < -0.39 is 0 Å². The number of hydrogen-bond donors (Lipinski definition) is 2. The first-order valence-electron chi connectivity index (χ1n) is 3.96. The lowest BCUT2D eigenvalue weighted by Gasteiger charge is -1.97. The summed E-state index contributed by atoms with van der Waals surface area (Å²) in [5.41, 5.74) is 7.66. The lowest BCUT2D eigenvalue weighted by molar-refractivity contribution is 1.40. The van der Waals surface area contributed by atoms with Crippen molar-refractivity contribution in [2.75, 3.05) is 5.73 Å². The van der Waals surface area contributed by atoms with Gasteiger partial charge in [-0.25, -0.2) is 0 Å². The van der Waals surface area contributed by atoms with Crippen LogP contribution < -0.4 is 5.73 Å². The topological polar surface area (TPSA) is 41.8 Å². The van der Waals surface area contributed by atoms with Crippen LogP contribution in [0.25, 0.3) is 11.3 Å². The van der Waals surface area contributed by atoms with Crippen molar-refractivity contribution in [1.82, 2.24) is 4.98 Å². The van der Waals surface area contributed by atoms with E-state index in [0.717, 1.165) is 16.3 Å². The molecule has 0 aliphatic rings. The van der Waals surface area contributed by atoms with Crippen molar-refractivity contribution in [3.05, 3.63) is 41.4 Å². The summed E-state index contributed by atoms with van der Waals surface area (Å²) in [6.07, 6.45) is 0. The van der Waals surface area contributed by atoms with Gasteiger partial charge in [-0.2, -0.15) is 0 Å². The maximum atomic E-state index is 5.77. The summed E-state index contributed by atoms with van der Waals surface area (Å²) in [5, 5.41) is 0.739. The molecule has 3 N–H and O–H groups in total. The first-order valence-corrected chi connectivity index (χ1v) is 4.34. The lowest BCUT2D eigenvalue weighted by atomic mass is 10.2. The highest BCUT2D eigenvalue weighted by Gasteiger charge is 1.98. The third-order valence-corrected chi connectivity index (χ3v) is 2.12. The molecule has 0 saturated carbocycles. The highest BCUT2D eigenvalue weighted by atomic mass is 35.5. The van der Waals surface area contributed by atoms with Crippen molar-refractivity contribution >= 4 is 17.4 Å². The second-order valence-electron chi connectivity index (χ2n) is 2.83. The number of H-pyrrole nitrogens is 1. The van der Waals surface area contributed by atoms with Crippen LogP contribution in [0.1, 0.15) is 0 Å². The van der Waals surface area contributed by atoms with Crippen LogP contribution in [-0.4, -0.2) is 4.98 Å². The minimum absolute atomic E-state index is 0.671. The monoisotopic (exact) mass is 192 g/mol. The standard InChI is InChI=1S/C10H9ClN2/c11-8-3-1-7(2-4-8)9-5-6-10(12)13-9/h1-6,13H,12H2. The zero-order valence-electron chi connectivity index (χ0n) is 6.92. The van der Waals surface area contributed by atoms with Gasteiger partial charge in [-0.3, -0.25) is 0 Å². The third kappa shape index (κ3) is 1.68. The van der Waals surface area contributed by atoms with Gasteiger partial charge in [-0.15, -0.1) is 0 Å². The zero-order valence-corrected chi connectivity index (χ0v) is 7.68. The van der Waals surface area contributed by atoms with Gasteiger partial charge in [0.2, 0.25) is 0 Å². The van der Waals surface area contributed by atoms with Crippen LogP contribution in [0, 0.1) is 0 Å². The third-order valence-electron chi connectivity index (χ3n) is 1.86. The lowest BCUT2D eigenvalue weighted by Crippen LogP contribution is -1.83. The minimum Gasteiger partial charge on any atom is -0.385 e. The first-order chi connectivity index (χ1) is 6.25. The summed E-state index contributed by atoms with van der Waals surface area (Å²) >= 11 is 5.77. The number of anilines is 1. The van der Waals surface area contributed by atoms with E-state index in [4.69, 9.17) is 17.3 Å². The Morgan fingerprint density at radius 2 is 1.69 bits per heavy atom. The number of nitrogen functional groups attached to an aromatic ring is 1. The van der Waals surface area contributed by atoms with Crippen molar-refractivity contribution in [2.45, 2.75) is 0 Å². The van der Waals surface area contributed by atoms with Crippen LogP contribution in [0.15, 0.2) is 36.4 Å². The van der Waals surface area contributed by atoms with Gasteiger partial charge in [-0.1, -0.05) is 23.7 Å². The maximum absolute atomic E-state index is 5.77. The molecule has 0 amide bonds. The normalized spacial score (nSPS) is 10.2. The van der Waals surface area contributed by atoms with E-state index >= 15 is 0 Å². The second-order valence-corrected chi connectivity index (χ2v) is 3.27. The van der Waals surface area contributed by atoms with Crippen molar-refractivity contribution in [3.63, 3.8) is 0 Å². The van der Waals surface area contributed by atoms with Crippen LogP contribution in [0.2, 0.25) is 5.02 Å². The molecular weight excluding hydrogens is 184 g/mol. The van der Waals surface area contributed by atoms with E-state index in [0.29, 0.717) is 5.82 Å². The van der Waals surface area contributed by atoms with Crippen molar-refractivity contribution < 1.29 is 0 Å². The average Bonchev–Trinajstić information content (AvgIpc) is 2.53. The summed E-state index contributed by atoms with van der Waals surface area (Å²) in [4.78, 5) is 3.05. The molecule has 2 aromatic rings. The van der Waals surface area contributed by atoms with E-state index in [1.165, 1.54) is 0 Å². The van der Waals surface area contributed by atoms with Crippen molar-refractivity contribution in [3.8, 4) is 11.3 Å². The van der Waals surface area contributed by atoms with E-state index in [1.54, 1.807) is 0 Å². The smallest absolute Gasteiger partial charge is 0.101 e. The molecule has 0 aliphatic carbocycles. The largest absolute Gasteiger partial charge is 0.385 e. The highest BCUT2D eigenvalue weighted by molar-refractivity contribution is 6.30. The molecule has 0 fully saturated rings. The van der Waals surface area contributed by atoms with Gasteiger partial charge in [0.15, 0.2) is 0 Å². The van der Waals surface area contributed by atoms with Crippen LogP contribution in [-0.2, 0) is 0 Å². The van der Waals surface area contributed by atoms with Crippen LogP contribution in [0.4, 0.5) is 5.82 Å². The fourth-order valence-corrected chi connectivity index (χ4v) is 1.34. The molecule has 0 unspecified atom stereocenters.